The minimum atomic E-state index is 0.173. The minimum Gasteiger partial charge on any atom is -0.383 e. The number of nitrogens with zero attached hydrogens (tertiary/aromatic N) is 1. The zero-order valence-corrected chi connectivity index (χ0v) is 15.6. The maximum atomic E-state index is 7.84. The Morgan fingerprint density at radius 3 is 1.88 bits per heavy atom. The Labute approximate surface area is 156 Å². The second-order valence-electron chi connectivity index (χ2n) is 5.38. The van der Waals surface area contributed by atoms with Crippen molar-refractivity contribution in [2.24, 2.45) is 10.7 Å². The van der Waals surface area contributed by atoms with E-state index in [9.17, 15) is 0 Å². The monoisotopic (exact) mass is 393 g/mol. The number of nitrogens with one attached hydrogen (secondary N) is 1. The molecule has 0 bridgehead atoms. The molecule has 0 heterocycles. The molecule has 0 saturated heterocycles. The van der Waals surface area contributed by atoms with Gasteiger partial charge in [-0.25, -0.2) is 4.99 Å². The second-order valence-corrected chi connectivity index (χ2v) is 6.29. The third-order valence-corrected chi connectivity index (χ3v) is 3.82. The van der Waals surface area contributed by atoms with Gasteiger partial charge in [0.1, 0.15) is 5.84 Å². The van der Waals surface area contributed by atoms with E-state index in [1.807, 2.05) is 72.8 Å². The van der Waals surface area contributed by atoms with E-state index in [-0.39, 0.29) is 5.84 Å². The first-order valence-electron chi connectivity index (χ1n) is 7.82. The van der Waals surface area contributed by atoms with Crippen LogP contribution in [0.25, 0.3) is 0 Å². The van der Waals surface area contributed by atoms with Gasteiger partial charge in [0.2, 0.25) is 0 Å². The van der Waals surface area contributed by atoms with E-state index in [2.05, 4.69) is 40.0 Å². The van der Waals surface area contributed by atoms with Crippen molar-refractivity contribution in [3.05, 3.63) is 106 Å². The molecule has 3 rings (SSSR count). The van der Waals surface area contributed by atoms with Gasteiger partial charge in [-0.3, -0.25) is 5.41 Å². The van der Waals surface area contributed by atoms with Gasteiger partial charge in [0, 0.05) is 15.6 Å². The van der Waals surface area contributed by atoms with Gasteiger partial charge in [-0.2, -0.15) is 0 Å². The van der Waals surface area contributed by atoms with Crippen LogP contribution in [0.5, 0.6) is 0 Å². The van der Waals surface area contributed by atoms with Crippen LogP contribution in [0.15, 0.2) is 94.4 Å². The molecule has 0 aromatic heterocycles. The van der Waals surface area contributed by atoms with Crippen molar-refractivity contribution in [3.8, 4) is 0 Å². The molecule has 126 valence electrons. The van der Waals surface area contributed by atoms with E-state index in [0.717, 1.165) is 15.6 Å². The maximum absolute atomic E-state index is 7.84. The fourth-order valence-corrected chi connectivity index (χ4v) is 2.57. The molecule has 0 spiro atoms. The molecule has 4 heteroatoms. The zero-order valence-electron chi connectivity index (χ0n) is 14.0. The molecule has 0 radical (unpaired) electrons. The Hall–Kier alpha value is -2.72. The van der Waals surface area contributed by atoms with Crippen LogP contribution in [-0.4, -0.2) is 11.7 Å². The summed E-state index contributed by atoms with van der Waals surface area (Å²) in [7, 11) is 0. The molecule has 0 amide bonds. The number of aryl methyl sites for hydroxylation is 1. The van der Waals surface area contributed by atoms with Crippen LogP contribution in [0.2, 0.25) is 0 Å². The third kappa shape index (κ3) is 6.36. The molecule has 3 aromatic carbocycles. The molecule has 0 unspecified atom stereocenters. The van der Waals surface area contributed by atoms with E-state index in [1.165, 1.54) is 5.56 Å². The van der Waals surface area contributed by atoms with Gasteiger partial charge in [-0.1, -0.05) is 94.3 Å². The molecule has 0 aliphatic heterocycles. The molecule has 0 aliphatic rings. The third-order valence-electron chi connectivity index (χ3n) is 3.33. The van der Waals surface area contributed by atoms with Crippen molar-refractivity contribution >= 4 is 27.6 Å². The van der Waals surface area contributed by atoms with Crippen molar-refractivity contribution in [2.75, 3.05) is 0 Å². The fraction of sp³-hybridized carbons (Fsp3) is 0.0476. The predicted octanol–water partition coefficient (Wildman–Crippen LogP) is 5.17. The van der Waals surface area contributed by atoms with Gasteiger partial charge < -0.3 is 5.73 Å². The molecular formula is C21H20BrN3. The van der Waals surface area contributed by atoms with E-state index < -0.39 is 0 Å². The number of nitrogens with two attached hydrogens (primary N) is 1. The van der Waals surface area contributed by atoms with Crippen LogP contribution in [0.1, 0.15) is 16.7 Å². The van der Waals surface area contributed by atoms with E-state index >= 15 is 0 Å². The van der Waals surface area contributed by atoms with Crippen LogP contribution in [0, 0.1) is 12.3 Å². The highest BCUT2D eigenvalue weighted by Gasteiger charge is 2.01. The average molecular weight is 394 g/mol. The van der Waals surface area contributed by atoms with E-state index in [4.69, 9.17) is 11.1 Å². The Balaban J connectivity index is 0.000000236. The topological polar surface area (TPSA) is 62.2 Å². The predicted molar refractivity (Wildman–Crippen MR) is 109 cm³/mol. The Bertz CT molecular complexity index is 826. The summed E-state index contributed by atoms with van der Waals surface area (Å²) in [5, 5.41) is 7.84. The molecule has 0 aliphatic carbocycles. The fourth-order valence-electron chi connectivity index (χ4n) is 2.06. The van der Waals surface area contributed by atoms with Crippen LogP contribution < -0.4 is 5.73 Å². The minimum absolute atomic E-state index is 0.173. The SMILES string of the molecule is Cc1cccc(Br)c1.N=C(N=C(N)c1ccccc1)c1ccccc1. The quantitative estimate of drug-likeness (QED) is 0.457. The Kier molecular flexibility index (Phi) is 7.11. The van der Waals surface area contributed by atoms with Crippen LogP contribution in [0.4, 0.5) is 0 Å². The smallest absolute Gasteiger partial charge is 0.154 e. The Morgan fingerprint density at radius 1 is 0.840 bits per heavy atom. The van der Waals surface area contributed by atoms with Crippen molar-refractivity contribution < 1.29 is 0 Å². The lowest BCUT2D eigenvalue weighted by molar-refractivity contribution is 1.40. The van der Waals surface area contributed by atoms with Gasteiger partial charge in [0.25, 0.3) is 0 Å². The number of benzene rings is 3. The average Bonchev–Trinajstić information content (AvgIpc) is 2.63. The molecule has 0 atom stereocenters. The standard InChI is InChI=1S/C14H13N3.C7H7Br/c15-13(11-7-3-1-4-8-11)17-14(16)12-9-5-2-6-10-12;1-6-3-2-4-7(8)5-6/h1-10H,(H3,15,16,17);2-5H,1H3. The molecule has 0 fully saturated rings. The number of rotatable bonds is 2. The summed E-state index contributed by atoms with van der Waals surface area (Å²) in [6.07, 6.45) is 0. The molecular weight excluding hydrogens is 374 g/mol. The summed E-state index contributed by atoms with van der Waals surface area (Å²) in [5.41, 5.74) is 8.72. The van der Waals surface area contributed by atoms with Gasteiger partial charge >= 0.3 is 0 Å². The lowest BCUT2D eigenvalue weighted by Gasteiger charge is -2.02. The number of aliphatic imine (C=N–C) groups is 1. The highest BCUT2D eigenvalue weighted by Crippen LogP contribution is 2.09. The highest BCUT2D eigenvalue weighted by atomic mass is 79.9. The van der Waals surface area contributed by atoms with Crippen molar-refractivity contribution in [1.82, 2.24) is 0 Å². The van der Waals surface area contributed by atoms with E-state index in [1.54, 1.807) is 0 Å². The first kappa shape index (κ1) is 18.6. The number of halogens is 1. The van der Waals surface area contributed by atoms with Gasteiger partial charge in [0.05, 0.1) is 0 Å². The molecule has 25 heavy (non-hydrogen) atoms. The zero-order chi connectivity index (χ0) is 18.1. The summed E-state index contributed by atoms with van der Waals surface area (Å²) < 4.78 is 1.15. The van der Waals surface area contributed by atoms with Crippen LogP contribution in [-0.2, 0) is 0 Å². The molecule has 3 aromatic rings. The first-order valence-corrected chi connectivity index (χ1v) is 8.61. The second kappa shape index (κ2) is 9.55. The Morgan fingerprint density at radius 2 is 1.40 bits per heavy atom. The number of hydrogen-bond acceptors (Lipinski definition) is 1. The van der Waals surface area contributed by atoms with Crippen molar-refractivity contribution in [1.29, 1.82) is 5.41 Å². The van der Waals surface area contributed by atoms with Gasteiger partial charge in [-0.05, 0) is 19.1 Å². The summed E-state index contributed by atoms with van der Waals surface area (Å²) in [6.45, 7) is 2.07. The summed E-state index contributed by atoms with van der Waals surface area (Å²) in [6, 6.07) is 27.0. The van der Waals surface area contributed by atoms with Gasteiger partial charge in [0.15, 0.2) is 5.84 Å². The molecule has 3 nitrogen and oxygen atoms in total. The maximum Gasteiger partial charge on any atom is 0.154 e. The van der Waals surface area contributed by atoms with Crippen molar-refractivity contribution in [3.63, 3.8) is 0 Å². The first-order chi connectivity index (χ1) is 12.1. The van der Waals surface area contributed by atoms with Crippen LogP contribution in [0.3, 0.4) is 0 Å². The largest absolute Gasteiger partial charge is 0.383 e. The molecule has 3 N–H and O–H groups in total. The van der Waals surface area contributed by atoms with E-state index in [0.29, 0.717) is 5.84 Å². The highest BCUT2D eigenvalue weighted by molar-refractivity contribution is 9.10. The summed E-state index contributed by atoms with van der Waals surface area (Å²) in [4.78, 5) is 4.10. The summed E-state index contributed by atoms with van der Waals surface area (Å²) >= 11 is 3.36. The van der Waals surface area contributed by atoms with Crippen molar-refractivity contribution in [2.45, 2.75) is 6.92 Å². The normalized spacial score (nSPS) is 10.6. The summed E-state index contributed by atoms with van der Waals surface area (Å²) in [5.74, 6) is 0.534. The van der Waals surface area contributed by atoms with Gasteiger partial charge in [-0.15, -0.1) is 0 Å². The number of amidine groups is 2. The number of hydrogen-bond donors (Lipinski definition) is 2. The molecule has 0 saturated carbocycles. The lowest BCUT2D eigenvalue weighted by atomic mass is 10.2. The lowest BCUT2D eigenvalue weighted by Crippen LogP contribution is -2.15. The van der Waals surface area contributed by atoms with Crippen LogP contribution >= 0.6 is 15.9 Å².